The SMILES string of the molecule is CCN(CC)CC.Cc1cn([C@H]2C[C@H](N=[N+]=[N-])[C@@H](COP(=O)(O)Nc3ccccc3)O2)c(=O)[nH]c1=O. The summed E-state index contributed by atoms with van der Waals surface area (Å²) in [6.07, 6.45) is -0.225. The van der Waals surface area contributed by atoms with Crippen LogP contribution in [0.5, 0.6) is 0 Å². The van der Waals surface area contributed by atoms with Gasteiger partial charge in [-0.2, -0.15) is 0 Å². The molecule has 0 bridgehead atoms. The first-order valence-corrected chi connectivity index (χ1v) is 13.3. The fraction of sp³-hybridized carbons (Fsp3) is 0.545. The third-order valence-corrected chi connectivity index (χ3v) is 6.70. The third-order valence-electron chi connectivity index (χ3n) is 5.66. The van der Waals surface area contributed by atoms with E-state index >= 15 is 0 Å². The van der Waals surface area contributed by atoms with Gasteiger partial charge in [-0.15, -0.1) is 0 Å². The molecule has 1 fully saturated rings. The second-order valence-corrected chi connectivity index (χ2v) is 9.55. The molecule has 3 N–H and O–H groups in total. The number of azide groups is 1. The van der Waals surface area contributed by atoms with Gasteiger partial charge in [0.25, 0.3) is 5.56 Å². The van der Waals surface area contributed by atoms with Crippen molar-refractivity contribution in [3.63, 3.8) is 0 Å². The zero-order chi connectivity index (χ0) is 26.7. The third kappa shape index (κ3) is 8.63. The first kappa shape index (κ1) is 29.3. The number of ether oxygens (including phenoxy) is 1. The Morgan fingerprint density at radius 2 is 1.92 bits per heavy atom. The zero-order valence-electron chi connectivity index (χ0n) is 20.9. The summed E-state index contributed by atoms with van der Waals surface area (Å²) in [7, 11) is -4.21. The molecule has 1 saturated heterocycles. The van der Waals surface area contributed by atoms with Gasteiger partial charge in [0.15, 0.2) is 0 Å². The van der Waals surface area contributed by atoms with Gasteiger partial charge in [0, 0.05) is 28.8 Å². The highest BCUT2D eigenvalue weighted by Crippen LogP contribution is 2.43. The number of aryl methyl sites for hydroxylation is 1. The van der Waals surface area contributed by atoms with Crippen LogP contribution in [0.4, 0.5) is 5.69 Å². The summed E-state index contributed by atoms with van der Waals surface area (Å²) in [4.78, 5) is 40.9. The van der Waals surface area contributed by atoms with Gasteiger partial charge < -0.3 is 14.5 Å². The molecule has 198 valence electrons. The molecule has 0 amide bonds. The van der Waals surface area contributed by atoms with E-state index < -0.39 is 37.4 Å². The maximum Gasteiger partial charge on any atom is 0.430 e. The Hall–Kier alpha value is -2.92. The minimum absolute atomic E-state index is 0.130. The first-order valence-electron chi connectivity index (χ1n) is 11.7. The molecule has 2 heterocycles. The van der Waals surface area contributed by atoms with E-state index in [9.17, 15) is 19.0 Å². The highest BCUT2D eigenvalue weighted by molar-refractivity contribution is 7.54. The number of benzene rings is 1. The van der Waals surface area contributed by atoms with Crippen molar-refractivity contribution in [3.05, 3.63) is 73.4 Å². The van der Waals surface area contributed by atoms with Crippen LogP contribution in [-0.4, -0.2) is 57.7 Å². The van der Waals surface area contributed by atoms with Crippen LogP contribution in [0.3, 0.4) is 0 Å². The molecule has 2 aromatic rings. The lowest BCUT2D eigenvalue weighted by Gasteiger charge is -2.19. The molecule has 14 heteroatoms. The predicted molar refractivity (Wildman–Crippen MR) is 137 cm³/mol. The number of rotatable bonds is 10. The highest BCUT2D eigenvalue weighted by atomic mass is 31.2. The average molecular weight is 524 g/mol. The summed E-state index contributed by atoms with van der Waals surface area (Å²) < 4.78 is 24.3. The van der Waals surface area contributed by atoms with Gasteiger partial charge in [0.05, 0.1) is 18.8 Å². The van der Waals surface area contributed by atoms with Crippen LogP contribution in [0.2, 0.25) is 0 Å². The summed E-state index contributed by atoms with van der Waals surface area (Å²) in [6, 6.07) is 7.60. The number of nitrogens with one attached hydrogen (secondary N) is 2. The van der Waals surface area contributed by atoms with Gasteiger partial charge in [-0.3, -0.25) is 24.0 Å². The standard InChI is InChI=1S/C16H19N6O6P.C6H15N/c1-10-8-22(16(24)18-15(10)23)14-7-12(19-21-17)13(28-14)9-27-29(25,26)20-11-5-3-2-4-6-11;1-4-7(5-2)6-3/h2-6,8,12-14H,7,9H2,1H3,(H,18,23,24)(H2,20,25,26);4-6H2,1-3H3/t12-,13+,14+;/m0./s1. The molecule has 1 unspecified atom stereocenters. The van der Waals surface area contributed by atoms with Crippen LogP contribution in [0.15, 0.2) is 51.2 Å². The first-order chi connectivity index (χ1) is 17.1. The Morgan fingerprint density at radius 1 is 1.28 bits per heavy atom. The molecular formula is C22H34N7O6P. The van der Waals surface area contributed by atoms with Gasteiger partial charge >= 0.3 is 13.4 Å². The second kappa shape index (κ2) is 14.0. The molecule has 1 aromatic heterocycles. The van der Waals surface area contributed by atoms with Crippen LogP contribution >= 0.6 is 7.75 Å². The molecular weight excluding hydrogens is 489 g/mol. The largest absolute Gasteiger partial charge is 0.430 e. The maximum atomic E-state index is 12.3. The van der Waals surface area contributed by atoms with Crippen molar-refractivity contribution in [2.45, 2.75) is 52.5 Å². The summed E-state index contributed by atoms with van der Waals surface area (Å²) in [6.45, 7) is 11.3. The molecule has 4 atom stereocenters. The smallest absolute Gasteiger partial charge is 0.352 e. The van der Waals surface area contributed by atoms with Crippen molar-refractivity contribution in [1.82, 2.24) is 14.5 Å². The predicted octanol–water partition coefficient (Wildman–Crippen LogP) is 3.39. The topological polar surface area (TPSA) is 175 Å². The number of para-hydroxylation sites is 1. The van der Waals surface area contributed by atoms with Crippen LogP contribution in [0, 0.1) is 6.92 Å². The number of aromatic amines is 1. The molecule has 36 heavy (non-hydrogen) atoms. The lowest BCUT2D eigenvalue weighted by atomic mass is 10.1. The van der Waals surface area contributed by atoms with Crippen molar-refractivity contribution in [2.24, 2.45) is 5.11 Å². The molecule has 0 spiro atoms. The Labute approximate surface area is 209 Å². The highest BCUT2D eigenvalue weighted by Gasteiger charge is 2.38. The Kier molecular flexibility index (Phi) is 11.4. The minimum Gasteiger partial charge on any atom is -0.352 e. The zero-order valence-corrected chi connectivity index (χ0v) is 21.8. The van der Waals surface area contributed by atoms with Crippen LogP contribution < -0.4 is 16.3 Å². The molecule has 1 aliphatic heterocycles. The summed E-state index contributed by atoms with van der Waals surface area (Å²) in [5.74, 6) is 0. The summed E-state index contributed by atoms with van der Waals surface area (Å²) >= 11 is 0. The van der Waals surface area contributed by atoms with Crippen molar-refractivity contribution in [1.29, 1.82) is 0 Å². The fourth-order valence-electron chi connectivity index (χ4n) is 3.58. The van der Waals surface area contributed by atoms with Gasteiger partial charge in [-0.25, -0.2) is 9.36 Å². The minimum atomic E-state index is -4.21. The van der Waals surface area contributed by atoms with Crippen LogP contribution in [0.1, 0.15) is 39.0 Å². The normalized spacial score (nSPS) is 20.7. The lowest BCUT2D eigenvalue weighted by molar-refractivity contribution is -0.0237. The number of H-pyrrole nitrogens is 1. The Balaban J connectivity index is 0.000000572. The van der Waals surface area contributed by atoms with E-state index in [1.807, 2.05) is 0 Å². The number of hydrogen-bond donors (Lipinski definition) is 3. The lowest BCUT2D eigenvalue weighted by Crippen LogP contribution is -2.33. The van der Waals surface area contributed by atoms with Crippen molar-refractivity contribution >= 4 is 13.4 Å². The van der Waals surface area contributed by atoms with E-state index in [1.54, 1.807) is 30.3 Å². The Bertz CT molecular complexity index is 1170. The van der Waals surface area contributed by atoms with E-state index in [0.29, 0.717) is 11.3 Å². The number of nitrogens with zero attached hydrogens (tertiary/aromatic N) is 5. The summed E-state index contributed by atoms with van der Waals surface area (Å²) in [5, 5.41) is 6.02. The van der Waals surface area contributed by atoms with E-state index in [2.05, 4.69) is 45.8 Å². The molecule has 0 aliphatic carbocycles. The fourth-order valence-corrected chi connectivity index (χ4v) is 4.47. The van der Waals surface area contributed by atoms with Gasteiger partial charge in [0.2, 0.25) is 0 Å². The summed E-state index contributed by atoms with van der Waals surface area (Å²) in [5.41, 5.74) is 8.30. The van der Waals surface area contributed by atoms with Crippen molar-refractivity contribution in [3.8, 4) is 0 Å². The van der Waals surface area contributed by atoms with Gasteiger partial charge in [-0.05, 0) is 44.2 Å². The van der Waals surface area contributed by atoms with Gasteiger partial charge in [0.1, 0.15) is 6.23 Å². The monoisotopic (exact) mass is 523 g/mol. The van der Waals surface area contributed by atoms with Gasteiger partial charge in [-0.1, -0.05) is 44.1 Å². The number of anilines is 1. The van der Waals surface area contributed by atoms with E-state index in [0.717, 1.165) is 0 Å². The van der Waals surface area contributed by atoms with Crippen LogP contribution in [-0.2, 0) is 13.8 Å². The van der Waals surface area contributed by atoms with E-state index in [-0.39, 0.29) is 13.0 Å². The number of aromatic nitrogens is 2. The maximum absolute atomic E-state index is 12.3. The number of hydrogen-bond acceptors (Lipinski definition) is 7. The van der Waals surface area contributed by atoms with E-state index in [1.165, 1.54) is 37.3 Å². The quantitative estimate of drug-likeness (QED) is 0.184. The molecule has 0 radical (unpaired) electrons. The second-order valence-electron chi connectivity index (χ2n) is 8.03. The molecule has 1 aliphatic rings. The van der Waals surface area contributed by atoms with Crippen LogP contribution in [0.25, 0.3) is 10.4 Å². The van der Waals surface area contributed by atoms with Crippen molar-refractivity contribution in [2.75, 3.05) is 31.3 Å². The average Bonchev–Trinajstić information content (AvgIpc) is 3.25. The molecule has 0 saturated carbocycles. The molecule has 1 aromatic carbocycles. The Morgan fingerprint density at radius 3 is 2.47 bits per heavy atom. The van der Waals surface area contributed by atoms with E-state index in [4.69, 9.17) is 14.8 Å². The van der Waals surface area contributed by atoms with Crippen molar-refractivity contribution < 1.29 is 18.7 Å². The molecule has 3 rings (SSSR count). The molecule has 13 nitrogen and oxygen atoms in total.